The first-order valence-electron chi connectivity index (χ1n) is 7.73. The summed E-state index contributed by atoms with van der Waals surface area (Å²) < 4.78 is 2.03. The Morgan fingerprint density at radius 3 is 3.05 bits per heavy atom. The van der Waals surface area contributed by atoms with Crippen molar-refractivity contribution in [1.82, 2.24) is 14.3 Å². The number of hydrogen-bond acceptors (Lipinski definition) is 3. The maximum atomic E-state index is 5.80. The van der Waals surface area contributed by atoms with E-state index < -0.39 is 0 Å². The average molecular weight is 272 g/mol. The van der Waals surface area contributed by atoms with Crippen molar-refractivity contribution in [3.8, 4) is 0 Å². The smallest absolute Gasteiger partial charge is 0.137 e. The molecule has 1 fully saturated rings. The molecule has 0 amide bonds. The predicted octanol–water partition coefficient (Wildman–Crippen LogP) is 2.72. The van der Waals surface area contributed by atoms with Crippen molar-refractivity contribution in [2.24, 2.45) is 0 Å². The van der Waals surface area contributed by atoms with Crippen LogP contribution in [0, 0.1) is 0 Å². The second-order valence-electron chi connectivity index (χ2n) is 5.80. The molecule has 20 heavy (non-hydrogen) atoms. The second kappa shape index (κ2) is 5.83. The summed E-state index contributed by atoms with van der Waals surface area (Å²) in [5.74, 6) is 0. The molecule has 1 unspecified atom stereocenters. The maximum absolute atomic E-state index is 5.80. The minimum Gasteiger partial charge on any atom is -0.398 e. The van der Waals surface area contributed by atoms with Crippen molar-refractivity contribution >= 4 is 11.3 Å². The van der Waals surface area contributed by atoms with Crippen LogP contribution in [0.5, 0.6) is 0 Å². The third kappa shape index (κ3) is 2.80. The Morgan fingerprint density at radius 1 is 1.30 bits per heavy atom. The van der Waals surface area contributed by atoms with E-state index in [1.807, 2.05) is 22.7 Å². The fraction of sp³-hybridized carbons (Fsp3) is 0.562. The van der Waals surface area contributed by atoms with E-state index in [-0.39, 0.29) is 0 Å². The number of piperidine rings is 1. The summed E-state index contributed by atoms with van der Waals surface area (Å²) in [5.41, 5.74) is 8.73. The zero-order chi connectivity index (χ0) is 13.9. The van der Waals surface area contributed by atoms with Crippen LogP contribution in [0.4, 0.5) is 5.69 Å². The Balaban J connectivity index is 1.67. The molecule has 1 atom stereocenters. The highest BCUT2D eigenvalue weighted by Gasteiger charge is 2.20. The summed E-state index contributed by atoms with van der Waals surface area (Å²) in [6.07, 6.45) is 10.4. The van der Waals surface area contributed by atoms with E-state index in [4.69, 9.17) is 5.73 Å². The Labute approximate surface area is 120 Å². The first-order valence-corrected chi connectivity index (χ1v) is 7.73. The van der Waals surface area contributed by atoms with E-state index in [1.165, 1.54) is 32.2 Å². The summed E-state index contributed by atoms with van der Waals surface area (Å²) in [4.78, 5) is 7.31. The van der Waals surface area contributed by atoms with Crippen molar-refractivity contribution in [3.05, 3.63) is 30.2 Å². The van der Waals surface area contributed by atoms with Crippen molar-refractivity contribution in [3.63, 3.8) is 0 Å². The van der Waals surface area contributed by atoms with Crippen LogP contribution in [-0.2, 0) is 6.42 Å². The van der Waals surface area contributed by atoms with Crippen LogP contribution in [0.25, 0.3) is 5.65 Å². The first kappa shape index (κ1) is 13.4. The monoisotopic (exact) mass is 272 g/mol. The average Bonchev–Trinajstić information content (AvgIpc) is 2.87. The minimum atomic E-state index is 0.774. The summed E-state index contributed by atoms with van der Waals surface area (Å²) >= 11 is 0. The van der Waals surface area contributed by atoms with Gasteiger partial charge in [-0.25, -0.2) is 4.98 Å². The quantitative estimate of drug-likeness (QED) is 0.931. The van der Waals surface area contributed by atoms with Gasteiger partial charge in [-0.3, -0.25) is 0 Å². The highest BCUT2D eigenvalue weighted by Crippen LogP contribution is 2.19. The van der Waals surface area contributed by atoms with E-state index in [9.17, 15) is 0 Å². The zero-order valence-corrected chi connectivity index (χ0v) is 12.3. The number of imidazole rings is 1. The molecule has 1 saturated heterocycles. The zero-order valence-electron chi connectivity index (χ0n) is 12.3. The van der Waals surface area contributed by atoms with Crippen molar-refractivity contribution in [2.75, 3.05) is 18.8 Å². The molecular weight excluding hydrogens is 248 g/mol. The Morgan fingerprint density at radius 2 is 2.20 bits per heavy atom. The molecule has 0 saturated carbocycles. The van der Waals surface area contributed by atoms with Crippen molar-refractivity contribution in [2.45, 2.75) is 45.1 Å². The predicted molar refractivity (Wildman–Crippen MR) is 82.8 cm³/mol. The Bertz CT molecular complexity index is 575. The molecule has 108 valence electrons. The summed E-state index contributed by atoms with van der Waals surface area (Å²) in [6.45, 7) is 4.67. The lowest BCUT2D eigenvalue weighted by atomic mass is 10.00. The number of pyridine rings is 1. The van der Waals surface area contributed by atoms with Crippen LogP contribution in [0.2, 0.25) is 0 Å². The van der Waals surface area contributed by atoms with Gasteiger partial charge >= 0.3 is 0 Å². The number of nitrogens with zero attached hydrogens (tertiary/aromatic N) is 3. The lowest BCUT2D eigenvalue weighted by molar-refractivity contribution is 0.145. The van der Waals surface area contributed by atoms with E-state index in [0.717, 1.165) is 36.0 Å². The van der Waals surface area contributed by atoms with Gasteiger partial charge in [0.25, 0.3) is 0 Å². The highest BCUT2D eigenvalue weighted by molar-refractivity contribution is 5.48. The van der Waals surface area contributed by atoms with Crippen LogP contribution in [0.3, 0.4) is 0 Å². The van der Waals surface area contributed by atoms with Crippen LogP contribution in [-0.4, -0.2) is 33.4 Å². The molecule has 2 N–H and O–H groups in total. The van der Waals surface area contributed by atoms with Gasteiger partial charge in [-0.15, -0.1) is 0 Å². The fourth-order valence-electron chi connectivity index (χ4n) is 3.26. The number of aromatic nitrogens is 2. The van der Waals surface area contributed by atoms with Gasteiger partial charge in [-0.1, -0.05) is 13.3 Å². The van der Waals surface area contributed by atoms with Gasteiger partial charge in [0.1, 0.15) is 5.65 Å². The van der Waals surface area contributed by atoms with E-state index in [1.54, 1.807) is 0 Å². The molecule has 0 radical (unpaired) electrons. The summed E-state index contributed by atoms with van der Waals surface area (Å²) in [6, 6.07) is 4.66. The first-order chi connectivity index (χ1) is 9.76. The third-order valence-corrected chi connectivity index (χ3v) is 4.40. The van der Waals surface area contributed by atoms with Gasteiger partial charge in [-0.2, -0.15) is 0 Å². The number of fused-ring (bicyclic) bond motifs is 1. The Hall–Kier alpha value is -1.55. The molecule has 1 aliphatic rings. The molecule has 0 bridgehead atoms. The van der Waals surface area contributed by atoms with Gasteiger partial charge < -0.3 is 15.0 Å². The van der Waals surface area contributed by atoms with Crippen LogP contribution in [0.1, 0.15) is 38.3 Å². The molecule has 4 heteroatoms. The van der Waals surface area contributed by atoms with E-state index >= 15 is 0 Å². The van der Waals surface area contributed by atoms with Gasteiger partial charge in [-0.05, 0) is 37.9 Å². The van der Waals surface area contributed by atoms with Crippen LogP contribution < -0.4 is 5.73 Å². The molecule has 2 aromatic heterocycles. The molecule has 3 rings (SSSR count). The van der Waals surface area contributed by atoms with Gasteiger partial charge in [0.05, 0.1) is 5.69 Å². The summed E-state index contributed by atoms with van der Waals surface area (Å²) in [5, 5.41) is 0. The van der Waals surface area contributed by atoms with Crippen molar-refractivity contribution in [1.29, 1.82) is 0 Å². The molecular formula is C16H24N4. The molecule has 0 aromatic carbocycles. The van der Waals surface area contributed by atoms with Crippen LogP contribution >= 0.6 is 0 Å². The normalized spacial score (nSPS) is 20.6. The Kier molecular flexibility index (Phi) is 3.92. The number of hydrogen-bond donors (Lipinski definition) is 1. The minimum absolute atomic E-state index is 0.774. The number of likely N-dealkylation sites (tertiary alicyclic amines) is 1. The van der Waals surface area contributed by atoms with E-state index in [2.05, 4.69) is 23.0 Å². The largest absolute Gasteiger partial charge is 0.398 e. The fourth-order valence-corrected chi connectivity index (χ4v) is 3.26. The van der Waals surface area contributed by atoms with Crippen molar-refractivity contribution < 1.29 is 0 Å². The number of nitrogen functional groups attached to an aromatic ring is 1. The van der Waals surface area contributed by atoms with Gasteiger partial charge in [0, 0.05) is 37.1 Å². The topological polar surface area (TPSA) is 46.6 Å². The molecule has 0 spiro atoms. The highest BCUT2D eigenvalue weighted by atomic mass is 15.2. The summed E-state index contributed by atoms with van der Waals surface area (Å²) in [7, 11) is 0. The molecule has 3 heterocycles. The third-order valence-electron chi connectivity index (χ3n) is 4.40. The van der Waals surface area contributed by atoms with Gasteiger partial charge in [0.2, 0.25) is 0 Å². The molecule has 4 nitrogen and oxygen atoms in total. The molecule has 1 aliphatic heterocycles. The maximum Gasteiger partial charge on any atom is 0.137 e. The standard InChI is InChI=1S/C16H24N4/c1-2-15-5-3-4-9-19(15)10-8-14-12-20-11-13(17)6-7-16(20)18-14/h6-7,11-12,15H,2-5,8-10,17H2,1H3. The number of anilines is 1. The SMILES string of the molecule is CCC1CCCCN1CCc1cn2cc(N)ccc2n1. The molecule has 0 aliphatic carbocycles. The molecule has 2 aromatic rings. The van der Waals surface area contributed by atoms with E-state index in [0.29, 0.717) is 0 Å². The lowest BCUT2D eigenvalue weighted by Crippen LogP contribution is -2.40. The van der Waals surface area contributed by atoms with Crippen LogP contribution in [0.15, 0.2) is 24.5 Å². The van der Waals surface area contributed by atoms with Gasteiger partial charge in [0.15, 0.2) is 0 Å². The number of rotatable bonds is 4. The second-order valence-corrected chi connectivity index (χ2v) is 5.80. The number of nitrogens with two attached hydrogens (primary N) is 1. The lowest BCUT2D eigenvalue weighted by Gasteiger charge is -2.35.